The van der Waals surface area contributed by atoms with Crippen molar-refractivity contribution in [3.63, 3.8) is 0 Å². The summed E-state index contributed by atoms with van der Waals surface area (Å²) in [4.78, 5) is 30.4. The van der Waals surface area contributed by atoms with Crippen molar-refractivity contribution in [3.05, 3.63) is 70.0 Å². The number of fused-ring (bicyclic) bond motifs is 1. The Morgan fingerprint density at radius 1 is 1.17 bits per heavy atom. The van der Waals surface area contributed by atoms with Crippen LogP contribution in [0.5, 0.6) is 0 Å². The Morgan fingerprint density at radius 3 is 2.70 bits per heavy atom. The summed E-state index contributed by atoms with van der Waals surface area (Å²) in [6.07, 6.45) is 3.84. The number of rotatable bonds is 5. The predicted octanol–water partition coefficient (Wildman–Crippen LogP) is 2.95. The van der Waals surface area contributed by atoms with Gasteiger partial charge in [0.25, 0.3) is 5.56 Å². The van der Waals surface area contributed by atoms with Gasteiger partial charge in [0.05, 0.1) is 33.9 Å². The number of halogens is 1. The van der Waals surface area contributed by atoms with Crippen LogP contribution in [-0.2, 0) is 0 Å². The topological polar surface area (TPSA) is 138 Å². The van der Waals surface area contributed by atoms with Crippen molar-refractivity contribution in [2.75, 3.05) is 16.8 Å². The van der Waals surface area contributed by atoms with Gasteiger partial charge in [-0.05, 0) is 30.7 Å². The van der Waals surface area contributed by atoms with Crippen molar-refractivity contribution < 1.29 is 0 Å². The molecule has 0 saturated carbocycles. The molecule has 9 nitrogen and oxygen atoms in total. The minimum atomic E-state index is -0.380. The van der Waals surface area contributed by atoms with Gasteiger partial charge >= 0.3 is 0 Å². The Morgan fingerprint density at radius 2 is 2.00 bits per heavy atom. The molecule has 5 N–H and O–H groups in total. The lowest BCUT2D eigenvalue weighted by atomic mass is 10.1. The van der Waals surface area contributed by atoms with Crippen LogP contribution in [0.2, 0.25) is 5.02 Å². The Bertz CT molecular complexity index is 1260. The van der Waals surface area contributed by atoms with Crippen LogP contribution in [0.15, 0.2) is 53.6 Å². The second-order valence-corrected chi connectivity index (χ2v) is 7.00. The molecule has 0 aliphatic carbocycles. The van der Waals surface area contributed by atoms with Gasteiger partial charge in [0.15, 0.2) is 0 Å². The largest absolute Gasteiger partial charge is 0.383 e. The van der Waals surface area contributed by atoms with Crippen LogP contribution in [-0.4, -0.2) is 24.5 Å². The first kappa shape index (κ1) is 19.6. The zero-order valence-electron chi connectivity index (χ0n) is 16.1. The second kappa shape index (κ2) is 7.96. The highest BCUT2D eigenvalue weighted by Crippen LogP contribution is 2.26. The van der Waals surface area contributed by atoms with Crippen LogP contribution in [0.25, 0.3) is 16.6 Å². The minimum absolute atomic E-state index is 0.0512. The van der Waals surface area contributed by atoms with E-state index in [1.54, 1.807) is 48.8 Å². The molecule has 10 heteroatoms. The molecule has 3 aromatic heterocycles. The molecule has 0 saturated heterocycles. The zero-order chi connectivity index (χ0) is 21.3. The number of benzene rings is 1. The summed E-state index contributed by atoms with van der Waals surface area (Å²) in [5, 5.41) is 3.94. The molecular weight excluding hydrogens is 404 g/mol. The summed E-state index contributed by atoms with van der Waals surface area (Å²) >= 11 is 6.32. The number of nitrogens with zero attached hydrogens (tertiary/aromatic N) is 5. The third kappa shape index (κ3) is 3.62. The molecule has 152 valence electrons. The van der Waals surface area contributed by atoms with Crippen molar-refractivity contribution >= 4 is 40.1 Å². The van der Waals surface area contributed by atoms with E-state index in [1.165, 1.54) is 4.57 Å². The fourth-order valence-corrected chi connectivity index (χ4v) is 3.51. The molecule has 0 amide bonds. The number of aromatic nitrogens is 5. The Labute approximate surface area is 176 Å². The van der Waals surface area contributed by atoms with Crippen LogP contribution < -0.4 is 22.3 Å². The highest BCUT2D eigenvalue weighted by atomic mass is 35.5. The van der Waals surface area contributed by atoms with E-state index in [9.17, 15) is 4.79 Å². The Hall–Kier alpha value is -3.72. The van der Waals surface area contributed by atoms with Gasteiger partial charge in [0, 0.05) is 12.3 Å². The molecule has 0 aliphatic heterocycles. The number of anilines is 3. The first-order valence-corrected chi connectivity index (χ1v) is 9.64. The van der Waals surface area contributed by atoms with Gasteiger partial charge in [0.2, 0.25) is 5.95 Å². The first-order valence-electron chi connectivity index (χ1n) is 9.26. The SMILES string of the molecule is CC[C@H](Nc1cc(N)nc(N)n1)c1nc2cccc(Cl)c2c(=O)n1-c1cccnc1. The van der Waals surface area contributed by atoms with Gasteiger partial charge < -0.3 is 16.8 Å². The molecule has 30 heavy (non-hydrogen) atoms. The van der Waals surface area contributed by atoms with Gasteiger partial charge in [0.1, 0.15) is 17.5 Å². The molecule has 4 aromatic rings. The summed E-state index contributed by atoms with van der Waals surface area (Å²) in [6.45, 7) is 1.97. The van der Waals surface area contributed by atoms with Gasteiger partial charge in [-0.1, -0.05) is 24.6 Å². The molecule has 0 spiro atoms. The Kier molecular flexibility index (Phi) is 5.20. The lowest BCUT2D eigenvalue weighted by Crippen LogP contribution is -2.28. The summed E-state index contributed by atoms with van der Waals surface area (Å²) in [5.74, 6) is 1.21. The lowest BCUT2D eigenvalue weighted by molar-refractivity contribution is 0.658. The summed E-state index contributed by atoms with van der Waals surface area (Å²) in [6, 6.07) is 9.92. The van der Waals surface area contributed by atoms with Crippen LogP contribution in [0.4, 0.5) is 17.6 Å². The normalized spacial score (nSPS) is 12.1. The molecule has 1 aromatic carbocycles. The maximum Gasteiger partial charge on any atom is 0.267 e. The number of hydrogen-bond donors (Lipinski definition) is 3. The Balaban J connectivity index is 1.95. The highest BCUT2D eigenvalue weighted by Gasteiger charge is 2.22. The van der Waals surface area contributed by atoms with E-state index >= 15 is 0 Å². The fourth-order valence-electron chi connectivity index (χ4n) is 3.26. The van der Waals surface area contributed by atoms with E-state index < -0.39 is 0 Å². The van der Waals surface area contributed by atoms with Crippen molar-refractivity contribution in [1.82, 2.24) is 24.5 Å². The van der Waals surface area contributed by atoms with Gasteiger partial charge in [-0.2, -0.15) is 9.97 Å². The summed E-state index contributed by atoms with van der Waals surface area (Å²) in [7, 11) is 0. The first-order chi connectivity index (χ1) is 14.5. The third-order valence-electron chi connectivity index (χ3n) is 4.58. The maximum atomic E-state index is 13.5. The number of nitrogens with two attached hydrogens (primary N) is 2. The van der Waals surface area contributed by atoms with E-state index in [1.807, 2.05) is 6.92 Å². The molecule has 0 radical (unpaired) electrons. The number of nitrogens with one attached hydrogen (secondary N) is 1. The van der Waals surface area contributed by atoms with Crippen molar-refractivity contribution in [2.45, 2.75) is 19.4 Å². The lowest BCUT2D eigenvalue weighted by Gasteiger charge is -2.22. The van der Waals surface area contributed by atoms with Crippen molar-refractivity contribution in [1.29, 1.82) is 0 Å². The molecule has 0 aliphatic rings. The standard InChI is InChI=1S/C20H19ClN8O/c1-2-13(25-16-9-15(22)27-20(23)28-16)18-26-14-7-3-6-12(21)17(14)19(30)29(18)11-5-4-8-24-10-11/h3-10,13H,2H2,1H3,(H5,22,23,25,27,28)/t13-/m0/s1. The van der Waals surface area contributed by atoms with Crippen molar-refractivity contribution in [2.24, 2.45) is 0 Å². The van der Waals surface area contributed by atoms with Crippen LogP contribution >= 0.6 is 11.6 Å². The summed E-state index contributed by atoms with van der Waals surface area (Å²) < 4.78 is 1.51. The van der Waals surface area contributed by atoms with Gasteiger partial charge in [-0.3, -0.25) is 14.3 Å². The average Bonchev–Trinajstić information content (AvgIpc) is 2.71. The van der Waals surface area contributed by atoms with E-state index in [0.717, 1.165) is 0 Å². The molecule has 4 rings (SSSR count). The average molecular weight is 423 g/mol. The molecular formula is C20H19ClN8O. The molecule has 0 unspecified atom stereocenters. The van der Waals surface area contributed by atoms with Crippen LogP contribution in [0.3, 0.4) is 0 Å². The number of pyridine rings is 1. The predicted molar refractivity (Wildman–Crippen MR) is 118 cm³/mol. The molecule has 3 heterocycles. The second-order valence-electron chi connectivity index (χ2n) is 6.60. The monoisotopic (exact) mass is 422 g/mol. The summed E-state index contributed by atoms with van der Waals surface area (Å²) in [5.41, 5.74) is 12.3. The molecule has 1 atom stereocenters. The number of nitrogen functional groups attached to an aromatic ring is 2. The third-order valence-corrected chi connectivity index (χ3v) is 4.90. The van der Waals surface area contributed by atoms with E-state index in [0.29, 0.717) is 39.7 Å². The molecule has 0 bridgehead atoms. The zero-order valence-corrected chi connectivity index (χ0v) is 16.8. The van der Waals surface area contributed by atoms with E-state index in [2.05, 4.69) is 20.3 Å². The smallest absolute Gasteiger partial charge is 0.267 e. The van der Waals surface area contributed by atoms with E-state index in [-0.39, 0.29) is 23.4 Å². The van der Waals surface area contributed by atoms with Gasteiger partial charge in [-0.25, -0.2) is 4.98 Å². The number of hydrogen-bond acceptors (Lipinski definition) is 8. The fraction of sp³-hybridized carbons (Fsp3) is 0.150. The maximum absolute atomic E-state index is 13.5. The van der Waals surface area contributed by atoms with Crippen LogP contribution in [0.1, 0.15) is 25.2 Å². The molecule has 0 fully saturated rings. The van der Waals surface area contributed by atoms with Crippen LogP contribution in [0, 0.1) is 0 Å². The highest BCUT2D eigenvalue weighted by molar-refractivity contribution is 6.35. The van der Waals surface area contributed by atoms with Crippen molar-refractivity contribution in [3.8, 4) is 5.69 Å². The quantitative estimate of drug-likeness (QED) is 0.446. The van der Waals surface area contributed by atoms with E-state index in [4.69, 9.17) is 28.1 Å². The minimum Gasteiger partial charge on any atom is -0.383 e. The van der Waals surface area contributed by atoms with Gasteiger partial charge in [-0.15, -0.1) is 0 Å².